The van der Waals surface area contributed by atoms with Crippen molar-refractivity contribution < 1.29 is 0 Å². The SMILES string of the molecule is CN1CCCC1CS(C)=N. The van der Waals surface area contributed by atoms with Crippen LogP contribution in [0.15, 0.2) is 0 Å². The van der Waals surface area contributed by atoms with Gasteiger partial charge in [-0.05, 0) is 32.7 Å². The highest BCUT2D eigenvalue weighted by atomic mass is 32.2. The summed E-state index contributed by atoms with van der Waals surface area (Å²) in [5, 5.41) is 0. The van der Waals surface area contributed by atoms with Gasteiger partial charge in [0.2, 0.25) is 0 Å². The van der Waals surface area contributed by atoms with Gasteiger partial charge in [0.1, 0.15) is 0 Å². The van der Waals surface area contributed by atoms with Gasteiger partial charge < -0.3 is 4.90 Å². The molecule has 1 N–H and O–H groups in total. The van der Waals surface area contributed by atoms with Crippen LogP contribution in [0.2, 0.25) is 0 Å². The lowest BCUT2D eigenvalue weighted by Crippen LogP contribution is -2.29. The number of nitrogens with zero attached hydrogens (tertiary/aromatic N) is 1. The van der Waals surface area contributed by atoms with E-state index in [-0.39, 0.29) is 10.7 Å². The Hall–Kier alpha value is 0.110. The Morgan fingerprint density at radius 2 is 2.40 bits per heavy atom. The maximum atomic E-state index is 7.43. The second-order valence-electron chi connectivity index (χ2n) is 3.08. The van der Waals surface area contributed by atoms with Crippen molar-refractivity contribution in [1.29, 1.82) is 4.78 Å². The lowest BCUT2D eigenvalue weighted by atomic mass is 10.2. The molecule has 1 saturated heterocycles. The highest BCUT2D eigenvalue weighted by Gasteiger charge is 2.20. The van der Waals surface area contributed by atoms with Gasteiger partial charge in [-0.2, -0.15) is 0 Å². The molecule has 0 bridgehead atoms. The second-order valence-corrected chi connectivity index (χ2v) is 4.69. The van der Waals surface area contributed by atoms with Crippen molar-refractivity contribution in [1.82, 2.24) is 4.90 Å². The number of hydrogen-bond acceptors (Lipinski definition) is 2. The summed E-state index contributed by atoms with van der Waals surface area (Å²) in [4.78, 5) is 2.39. The molecular formula is C7H16N2S. The summed E-state index contributed by atoms with van der Waals surface area (Å²) < 4.78 is 7.43. The Labute approximate surface area is 65.5 Å². The van der Waals surface area contributed by atoms with Gasteiger partial charge in [-0.15, -0.1) is 10.7 Å². The van der Waals surface area contributed by atoms with Gasteiger partial charge in [-0.1, -0.05) is 0 Å². The summed E-state index contributed by atoms with van der Waals surface area (Å²) in [5.74, 6) is 1.08. The van der Waals surface area contributed by atoms with Gasteiger partial charge >= 0.3 is 0 Å². The summed E-state index contributed by atoms with van der Waals surface area (Å²) in [5.41, 5.74) is 0. The molecule has 0 aromatic rings. The first-order valence-corrected chi connectivity index (χ1v) is 5.54. The van der Waals surface area contributed by atoms with Gasteiger partial charge in [0.15, 0.2) is 0 Å². The van der Waals surface area contributed by atoms with E-state index in [2.05, 4.69) is 11.9 Å². The second kappa shape index (κ2) is 3.49. The molecule has 1 rings (SSSR count). The van der Waals surface area contributed by atoms with E-state index in [1.54, 1.807) is 0 Å². The quantitative estimate of drug-likeness (QED) is 0.643. The normalized spacial score (nSPS) is 30.8. The van der Waals surface area contributed by atoms with Gasteiger partial charge in [0.25, 0.3) is 0 Å². The highest BCUT2D eigenvalue weighted by molar-refractivity contribution is 7.85. The average molecular weight is 160 g/mol. The van der Waals surface area contributed by atoms with Crippen LogP contribution in [0.3, 0.4) is 0 Å². The summed E-state index contributed by atoms with van der Waals surface area (Å²) in [7, 11) is 2.05. The van der Waals surface area contributed by atoms with E-state index in [0.717, 1.165) is 5.75 Å². The first kappa shape index (κ1) is 8.21. The van der Waals surface area contributed by atoms with E-state index in [9.17, 15) is 0 Å². The molecule has 60 valence electrons. The van der Waals surface area contributed by atoms with Crippen LogP contribution in [0, 0.1) is 4.78 Å². The van der Waals surface area contributed by atoms with Crippen LogP contribution in [-0.2, 0) is 10.7 Å². The molecule has 3 heteroatoms. The average Bonchev–Trinajstić information content (AvgIpc) is 2.15. The molecule has 0 spiro atoms. The molecule has 10 heavy (non-hydrogen) atoms. The van der Waals surface area contributed by atoms with Gasteiger partial charge in [-0.25, -0.2) is 0 Å². The Balaban J connectivity index is 2.33. The first-order valence-electron chi connectivity index (χ1n) is 3.74. The standard InChI is InChI=1S/C7H16N2S/c1-9-5-3-4-7(9)6-10(2)8/h7-8H,3-6H2,1-2H3. The molecule has 2 atom stereocenters. The smallest absolute Gasteiger partial charge is 0.0192 e. The third kappa shape index (κ3) is 2.06. The summed E-state index contributed by atoms with van der Waals surface area (Å²) in [6.07, 6.45) is 4.65. The third-order valence-electron chi connectivity index (χ3n) is 2.11. The summed E-state index contributed by atoms with van der Waals surface area (Å²) in [6, 6.07) is 0.714. The lowest BCUT2D eigenvalue weighted by Gasteiger charge is -2.18. The minimum atomic E-state index is -0.118. The van der Waals surface area contributed by atoms with Crippen LogP contribution >= 0.6 is 0 Å². The molecule has 2 unspecified atom stereocenters. The van der Waals surface area contributed by atoms with Crippen LogP contribution in [0.4, 0.5) is 0 Å². The number of rotatable bonds is 2. The molecule has 0 radical (unpaired) electrons. The van der Waals surface area contributed by atoms with Crippen LogP contribution in [0.1, 0.15) is 12.8 Å². The van der Waals surface area contributed by atoms with Gasteiger partial charge in [-0.3, -0.25) is 4.78 Å². The van der Waals surface area contributed by atoms with E-state index < -0.39 is 0 Å². The van der Waals surface area contributed by atoms with Gasteiger partial charge in [0.05, 0.1) is 0 Å². The third-order valence-corrected chi connectivity index (χ3v) is 3.00. The Morgan fingerprint density at radius 3 is 2.80 bits per heavy atom. The summed E-state index contributed by atoms with van der Waals surface area (Å²) >= 11 is 0. The fourth-order valence-corrected chi connectivity index (χ4v) is 2.48. The van der Waals surface area contributed by atoms with Crippen molar-refractivity contribution in [2.75, 3.05) is 25.6 Å². The molecule has 0 aromatic carbocycles. The van der Waals surface area contributed by atoms with Crippen LogP contribution in [0.5, 0.6) is 0 Å². The Morgan fingerprint density at radius 1 is 1.70 bits per heavy atom. The molecule has 1 aliphatic rings. The molecule has 1 aliphatic heterocycles. The molecule has 1 heterocycles. The molecule has 1 fully saturated rings. The van der Waals surface area contributed by atoms with E-state index in [1.165, 1.54) is 19.4 Å². The first-order chi connectivity index (χ1) is 4.70. The van der Waals surface area contributed by atoms with Crippen LogP contribution in [0.25, 0.3) is 0 Å². The van der Waals surface area contributed by atoms with Crippen molar-refractivity contribution in [3.05, 3.63) is 0 Å². The topological polar surface area (TPSA) is 27.1 Å². The van der Waals surface area contributed by atoms with E-state index in [4.69, 9.17) is 4.78 Å². The predicted octanol–water partition coefficient (Wildman–Crippen LogP) is 1.09. The zero-order valence-corrected chi connectivity index (χ0v) is 7.58. The van der Waals surface area contributed by atoms with Crippen molar-refractivity contribution in [3.8, 4) is 0 Å². The Bertz CT molecular complexity index is 136. The maximum absolute atomic E-state index is 7.43. The molecule has 2 nitrogen and oxygen atoms in total. The van der Waals surface area contributed by atoms with Crippen molar-refractivity contribution in [2.45, 2.75) is 18.9 Å². The van der Waals surface area contributed by atoms with Crippen molar-refractivity contribution in [3.63, 3.8) is 0 Å². The predicted molar refractivity (Wildman–Crippen MR) is 46.5 cm³/mol. The number of likely N-dealkylation sites (tertiary alicyclic amines) is 1. The van der Waals surface area contributed by atoms with Crippen molar-refractivity contribution >= 4 is 10.7 Å². The molecule has 0 saturated carbocycles. The fraction of sp³-hybridized carbons (Fsp3) is 1.00. The lowest BCUT2D eigenvalue weighted by molar-refractivity contribution is 0.334. The molecular weight excluding hydrogens is 144 g/mol. The fourth-order valence-electron chi connectivity index (χ4n) is 1.48. The van der Waals surface area contributed by atoms with E-state index >= 15 is 0 Å². The Kier molecular flexibility index (Phi) is 2.86. The number of hydrogen-bond donors (Lipinski definition) is 1. The van der Waals surface area contributed by atoms with E-state index in [0.29, 0.717) is 6.04 Å². The molecule has 0 aliphatic carbocycles. The van der Waals surface area contributed by atoms with Crippen LogP contribution < -0.4 is 0 Å². The summed E-state index contributed by atoms with van der Waals surface area (Å²) in [6.45, 7) is 1.24. The highest BCUT2D eigenvalue weighted by Crippen LogP contribution is 2.14. The van der Waals surface area contributed by atoms with Crippen molar-refractivity contribution in [2.24, 2.45) is 0 Å². The number of nitrogens with one attached hydrogen (secondary N) is 1. The zero-order chi connectivity index (χ0) is 7.56. The maximum Gasteiger partial charge on any atom is 0.0192 e. The molecule has 0 aromatic heterocycles. The van der Waals surface area contributed by atoms with Gasteiger partial charge in [0, 0.05) is 11.8 Å². The minimum Gasteiger partial charge on any atom is -0.303 e. The minimum absolute atomic E-state index is 0.118. The van der Waals surface area contributed by atoms with E-state index in [1.807, 2.05) is 6.26 Å². The monoisotopic (exact) mass is 160 g/mol. The molecule has 0 amide bonds. The largest absolute Gasteiger partial charge is 0.303 e. The zero-order valence-electron chi connectivity index (χ0n) is 6.76. The van der Waals surface area contributed by atoms with Crippen LogP contribution in [-0.4, -0.2) is 36.5 Å².